The van der Waals surface area contributed by atoms with E-state index in [1.165, 1.54) is 13.8 Å². The Morgan fingerprint density at radius 2 is 1.86 bits per heavy atom. The number of rotatable bonds is 4. The van der Waals surface area contributed by atoms with E-state index in [1.807, 2.05) is 24.3 Å². The molecule has 0 aromatic heterocycles. The second-order valence-corrected chi connectivity index (χ2v) is 5.22. The summed E-state index contributed by atoms with van der Waals surface area (Å²) in [5, 5.41) is 0. The van der Waals surface area contributed by atoms with E-state index in [2.05, 4.69) is 0 Å². The standard InChI is InChI=1S/C16H20O5/c1-11(17)20-16(21-12(2)18)9-5-8-15(16)13-6-4-7-14(10-13)19-3/h4,6-7,10,15H,5,8-9H2,1-3H3. The van der Waals surface area contributed by atoms with Gasteiger partial charge < -0.3 is 14.2 Å². The van der Waals surface area contributed by atoms with Crippen molar-refractivity contribution in [3.63, 3.8) is 0 Å². The summed E-state index contributed by atoms with van der Waals surface area (Å²) in [6.07, 6.45) is 2.12. The number of hydrogen-bond donors (Lipinski definition) is 0. The molecule has 1 saturated carbocycles. The van der Waals surface area contributed by atoms with Gasteiger partial charge in [-0.1, -0.05) is 12.1 Å². The van der Waals surface area contributed by atoms with Crippen LogP contribution >= 0.6 is 0 Å². The van der Waals surface area contributed by atoms with Crippen LogP contribution in [-0.2, 0) is 19.1 Å². The van der Waals surface area contributed by atoms with Crippen molar-refractivity contribution in [1.82, 2.24) is 0 Å². The lowest BCUT2D eigenvalue weighted by Gasteiger charge is -2.34. The number of hydrogen-bond acceptors (Lipinski definition) is 5. The third kappa shape index (κ3) is 3.35. The number of benzene rings is 1. The van der Waals surface area contributed by atoms with Crippen LogP contribution in [0.5, 0.6) is 5.75 Å². The SMILES string of the molecule is COc1cccc(C2CCCC2(OC(C)=O)OC(C)=O)c1. The zero-order chi connectivity index (χ0) is 15.5. The Kier molecular flexibility index (Phi) is 4.50. The molecule has 1 fully saturated rings. The van der Waals surface area contributed by atoms with E-state index in [-0.39, 0.29) is 5.92 Å². The maximum Gasteiger partial charge on any atom is 0.305 e. The van der Waals surface area contributed by atoms with Gasteiger partial charge in [-0.05, 0) is 30.5 Å². The third-order valence-electron chi connectivity index (χ3n) is 3.68. The summed E-state index contributed by atoms with van der Waals surface area (Å²) in [7, 11) is 1.60. The van der Waals surface area contributed by atoms with Gasteiger partial charge in [0.05, 0.1) is 13.0 Å². The predicted molar refractivity (Wildman–Crippen MR) is 75.8 cm³/mol. The highest BCUT2D eigenvalue weighted by Gasteiger charge is 2.50. The average molecular weight is 292 g/mol. The minimum absolute atomic E-state index is 0.180. The van der Waals surface area contributed by atoms with Crippen molar-refractivity contribution < 1.29 is 23.8 Å². The van der Waals surface area contributed by atoms with E-state index >= 15 is 0 Å². The molecule has 1 unspecified atom stereocenters. The largest absolute Gasteiger partial charge is 0.497 e. The number of ether oxygens (including phenoxy) is 3. The summed E-state index contributed by atoms with van der Waals surface area (Å²) >= 11 is 0. The van der Waals surface area contributed by atoms with E-state index in [0.717, 1.165) is 24.2 Å². The molecular formula is C16H20O5. The van der Waals surface area contributed by atoms with Crippen molar-refractivity contribution in [3.05, 3.63) is 29.8 Å². The van der Waals surface area contributed by atoms with Gasteiger partial charge in [0.1, 0.15) is 5.75 Å². The normalized spacial score (nSPS) is 19.9. The van der Waals surface area contributed by atoms with Crippen molar-refractivity contribution >= 4 is 11.9 Å². The molecule has 21 heavy (non-hydrogen) atoms. The van der Waals surface area contributed by atoms with Crippen molar-refractivity contribution in [2.75, 3.05) is 7.11 Å². The molecule has 0 saturated heterocycles. The number of esters is 2. The molecule has 1 aromatic carbocycles. The molecule has 0 amide bonds. The molecule has 1 aliphatic carbocycles. The van der Waals surface area contributed by atoms with Crippen molar-refractivity contribution in [2.24, 2.45) is 0 Å². The van der Waals surface area contributed by atoms with Crippen LogP contribution in [0.3, 0.4) is 0 Å². The van der Waals surface area contributed by atoms with Gasteiger partial charge in [0.15, 0.2) is 0 Å². The van der Waals surface area contributed by atoms with Gasteiger partial charge in [0.2, 0.25) is 0 Å². The highest BCUT2D eigenvalue weighted by molar-refractivity contribution is 5.69. The molecule has 5 heteroatoms. The maximum atomic E-state index is 11.4. The molecule has 1 atom stereocenters. The van der Waals surface area contributed by atoms with Crippen molar-refractivity contribution in [1.29, 1.82) is 0 Å². The Morgan fingerprint density at radius 3 is 2.43 bits per heavy atom. The fourth-order valence-corrected chi connectivity index (χ4v) is 2.98. The van der Waals surface area contributed by atoms with Gasteiger partial charge in [-0.25, -0.2) is 0 Å². The zero-order valence-corrected chi connectivity index (χ0v) is 12.5. The van der Waals surface area contributed by atoms with Gasteiger partial charge in [-0.2, -0.15) is 0 Å². The Labute approximate surface area is 124 Å². The van der Waals surface area contributed by atoms with E-state index in [4.69, 9.17) is 14.2 Å². The number of methoxy groups -OCH3 is 1. The topological polar surface area (TPSA) is 61.8 Å². The molecular weight excluding hydrogens is 272 g/mol. The van der Waals surface area contributed by atoms with E-state index < -0.39 is 17.7 Å². The highest BCUT2D eigenvalue weighted by atomic mass is 16.7. The van der Waals surface area contributed by atoms with Gasteiger partial charge in [-0.3, -0.25) is 9.59 Å². The minimum Gasteiger partial charge on any atom is -0.497 e. The summed E-state index contributed by atoms with van der Waals surface area (Å²) < 4.78 is 16.1. The lowest BCUT2D eigenvalue weighted by molar-refractivity contribution is -0.229. The Hall–Kier alpha value is -2.04. The predicted octanol–water partition coefficient (Wildman–Crippen LogP) is 2.79. The van der Waals surface area contributed by atoms with Crippen LogP contribution in [0.1, 0.15) is 44.6 Å². The highest BCUT2D eigenvalue weighted by Crippen LogP contribution is 2.47. The van der Waals surface area contributed by atoms with Crippen LogP contribution in [0.15, 0.2) is 24.3 Å². The summed E-state index contributed by atoms with van der Waals surface area (Å²) in [6.45, 7) is 2.65. The van der Waals surface area contributed by atoms with Crippen molar-refractivity contribution in [2.45, 2.75) is 44.8 Å². The first kappa shape index (κ1) is 15.4. The molecule has 0 N–H and O–H groups in total. The van der Waals surface area contributed by atoms with Gasteiger partial charge >= 0.3 is 11.9 Å². The number of carbonyl (C=O) groups is 2. The van der Waals surface area contributed by atoms with Gasteiger partial charge in [0.25, 0.3) is 5.79 Å². The Bertz CT molecular complexity index is 521. The second kappa shape index (κ2) is 6.16. The third-order valence-corrected chi connectivity index (χ3v) is 3.68. The van der Waals surface area contributed by atoms with Crippen LogP contribution < -0.4 is 4.74 Å². The van der Waals surface area contributed by atoms with Crippen LogP contribution in [0, 0.1) is 0 Å². The molecule has 1 aromatic rings. The second-order valence-electron chi connectivity index (χ2n) is 5.22. The summed E-state index contributed by atoms with van der Waals surface area (Å²) in [5.41, 5.74) is 0.939. The summed E-state index contributed by atoms with van der Waals surface area (Å²) in [5.74, 6) is -1.57. The van der Waals surface area contributed by atoms with Crippen LogP contribution in [0.4, 0.5) is 0 Å². The van der Waals surface area contributed by atoms with Crippen LogP contribution in [0.25, 0.3) is 0 Å². The molecule has 0 bridgehead atoms. The van der Waals surface area contributed by atoms with E-state index in [0.29, 0.717) is 6.42 Å². The smallest absolute Gasteiger partial charge is 0.305 e. The summed E-state index contributed by atoms with van der Waals surface area (Å²) in [6, 6.07) is 7.54. The lowest BCUT2D eigenvalue weighted by atomic mass is 9.92. The molecule has 0 aliphatic heterocycles. The first-order valence-corrected chi connectivity index (χ1v) is 7.00. The molecule has 114 valence electrons. The summed E-state index contributed by atoms with van der Waals surface area (Å²) in [4.78, 5) is 22.9. The van der Waals surface area contributed by atoms with E-state index in [1.54, 1.807) is 7.11 Å². The fraction of sp³-hybridized carbons (Fsp3) is 0.500. The Balaban J connectivity index is 2.38. The van der Waals surface area contributed by atoms with Gasteiger partial charge in [-0.15, -0.1) is 0 Å². The first-order valence-electron chi connectivity index (χ1n) is 7.00. The van der Waals surface area contributed by atoms with Crippen LogP contribution in [0.2, 0.25) is 0 Å². The van der Waals surface area contributed by atoms with E-state index in [9.17, 15) is 9.59 Å². The first-order chi connectivity index (χ1) is 9.97. The molecule has 0 spiro atoms. The quantitative estimate of drug-likeness (QED) is 0.631. The zero-order valence-electron chi connectivity index (χ0n) is 12.5. The van der Waals surface area contributed by atoms with Crippen LogP contribution in [-0.4, -0.2) is 24.8 Å². The fourth-order valence-electron chi connectivity index (χ4n) is 2.98. The Morgan fingerprint density at radius 1 is 1.19 bits per heavy atom. The molecule has 0 radical (unpaired) electrons. The monoisotopic (exact) mass is 292 g/mol. The maximum absolute atomic E-state index is 11.4. The molecule has 2 rings (SSSR count). The number of carbonyl (C=O) groups excluding carboxylic acids is 2. The molecule has 1 aliphatic rings. The van der Waals surface area contributed by atoms with Crippen molar-refractivity contribution in [3.8, 4) is 5.75 Å². The average Bonchev–Trinajstić information content (AvgIpc) is 2.80. The molecule has 0 heterocycles. The molecule has 5 nitrogen and oxygen atoms in total. The minimum atomic E-state index is -1.20. The van der Waals surface area contributed by atoms with Gasteiger partial charge in [0, 0.05) is 20.3 Å². The lowest BCUT2D eigenvalue weighted by Crippen LogP contribution is -2.41.